The molecule has 0 unspecified atom stereocenters. The maximum Gasteiger partial charge on any atom is 0.248 e. The average molecular weight is 446 g/mol. The summed E-state index contributed by atoms with van der Waals surface area (Å²) in [6, 6.07) is 12.4. The second kappa shape index (κ2) is 9.22. The van der Waals surface area contributed by atoms with Crippen molar-refractivity contribution in [3.63, 3.8) is 0 Å². The molecule has 2 aromatic carbocycles. The molecule has 33 heavy (non-hydrogen) atoms. The van der Waals surface area contributed by atoms with Crippen LogP contribution in [0.4, 0.5) is 15.8 Å². The molecule has 2 aliphatic rings. The van der Waals surface area contributed by atoms with E-state index in [4.69, 9.17) is 0 Å². The molecule has 0 radical (unpaired) electrons. The lowest BCUT2D eigenvalue weighted by molar-refractivity contribution is -0.116. The van der Waals surface area contributed by atoms with E-state index in [-0.39, 0.29) is 17.6 Å². The first kappa shape index (κ1) is 21.4. The lowest BCUT2D eigenvalue weighted by Gasteiger charge is -2.23. The summed E-state index contributed by atoms with van der Waals surface area (Å²) in [5.74, 6) is 0.0633. The van der Waals surface area contributed by atoms with Crippen LogP contribution >= 0.6 is 0 Å². The number of hydrogen-bond acceptors (Lipinski definition) is 2. The Morgan fingerprint density at radius 3 is 2.79 bits per heavy atom. The van der Waals surface area contributed by atoms with Gasteiger partial charge in [0.25, 0.3) is 0 Å². The first-order chi connectivity index (χ1) is 16.0. The first-order valence-corrected chi connectivity index (χ1v) is 11.8. The summed E-state index contributed by atoms with van der Waals surface area (Å²) in [5.41, 5.74) is 4.22. The predicted octanol–water partition coefficient (Wildman–Crippen LogP) is 5.90. The van der Waals surface area contributed by atoms with Gasteiger partial charge in [0, 0.05) is 41.5 Å². The van der Waals surface area contributed by atoms with Gasteiger partial charge in [0.1, 0.15) is 5.82 Å². The molecule has 1 saturated carbocycles. The summed E-state index contributed by atoms with van der Waals surface area (Å²) < 4.78 is 16.1. The molecule has 2 heterocycles. The highest BCUT2D eigenvalue weighted by molar-refractivity contribution is 6.03. The molecule has 2 amide bonds. The standard InChI is InChI=1S/C27H28FN3O2/c28-21-9-6-20-14-23(31(25(20)15-21)17-18-4-2-1-3-5-18)11-13-26(32)29-22-10-7-19-8-12-27(33)30-24(19)16-22/h6-7,9-11,13-16,18H,1-5,8,12,17H2,(H,29,32)(H,30,33)/b13-11+. The lowest BCUT2D eigenvalue weighted by Crippen LogP contribution is -2.19. The first-order valence-electron chi connectivity index (χ1n) is 11.8. The van der Waals surface area contributed by atoms with Crippen LogP contribution < -0.4 is 10.6 Å². The Hall–Kier alpha value is -3.41. The average Bonchev–Trinajstić information content (AvgIpc) is 3.14. The monoisotopic (exact) mass is 445 g/mol. The van der Waals surface area contributed by atoms with Crippen molar-refractivity contribution in [2.24, 2.45) is 5.92 Å². The number of anilines is 2. The predicted molar refractivity (Wildman–Crippen MR) is 130 cm³/mol. The number of rotatable bonds is 5. The smallest absolute Gasteiger partial charge is 0.248 e. The van der Waals surface area contributed by atoms with Crippen molar-refractivity contribution >= 4 is 40.2 Å². The molecular formula is C27H28FN3O2. The minimum absolute atomic E-state index is 0.00639. The molecule has 5 rings (SSSR count). The second-order valence-corrected chi connectivity index (χ2v) is 9.13. The molecule has 1 aliphatic heterocycles. The Bertz CT molecular complexity index is 1240. The van der Waals surface area contributed by atoms with E-state index in [1.54, 1.807) is 24.3 Å². The van der Waals surface area contributed by atoms with E-state index in [2.05, 4.69) is 15.2 Å². The molecular weight excluding hydrogens is 417 g/mol. The third-order valence-electron chi connectivity index (χ3n) is 6.74. The Kier molecular flexibility index (Phi) is 5.99. The number of benzene rings is 2. The number of aryl methyl sites for hydroxylation is 1. The van der Waals surface area contributed by atoms with Gasteiger partial charge >= 0.3 is 0 Å². The topological polar surface area (TPSA) is 63.1 Å². The molecule has 5 nitrogen and oxygen atoms in total. The van der Waals surface area contributed by atoms with Crippen LogP contribution in [0.15, 0.2) is 48.5 Å². The van der Waals surface area contributed by atoms with Gasteiger partial charge in [-0.25, -0.2) is 4.39 Å². The number of aromatic nitrogens is 1. The van der Waals surface area contributed by atoms with Gasteiger partial charge in [0.15, 0.2) is 0 Å². The molecule has 6 heteroatoms. The Morgan fingerprint density at radius 2 is 1.94 bits per heavy atom. The minimum Gasteiger partial charge on any atom is -0.341 e. The van der Waals surface area contributed by atoms with Gasteiger partial charge < -0.3 is 15.2 Å². The van der Waals surface area contributed by atoms with E-state index >= 15 is 0 Å². The van der Waals surface area contributed by atoms with Gasteiger partial charge in [-0.2, -0.15) is 0 Å². The van der Waals surface area contributed by atoms with Gasteiger partial charge in [-0.1, -0.05) is 25.3 Å². The maximum absolute atomic E-state index is 14.0. The van der Waals surface area contributed by atoms with Gasteiger partial charge in [-0.05, 0) is 73.2 Å². The number of hydrogen-bond donors (Lipinski definition) is 2. The largest absolute Gasteiger partial charge is 0.341 e. The van der Waals surface area contributed by atoms with Crippen LogP contribution in [0.1, 0.15) is 49.8 Å². The van der Waals surface area contributed by atoms with Gasteiger partial charge in [-0.3, -0.25) is 9.59 Å². The third-order valence-corrected chi connectivity index (χ3v) is 6.74. The quantitative estimate of drug-likeness (QED) is 0.481. The Balaban J connectivity index is 1.36. The van der Waals surface area contributed by atoms with Gasteiger partial charge in [0.05, 0.1) is 5.52 Å². The van der Waals surface area contributed by atoms with Crippen molar-refractivity contribution in [1.29, 1.82) is 0 Å². The van der Waals surface area contributed by atoms with Crippen LogP contribution in [0.3, 0.4) is 0 Å². The highest BCUT2D eigenvalue weighted by Gasteiger charge is 2.18. The van der Waals surface area contributed by atoms with Crippen LogP contribution in [0, 0.1) is 11.7 Å². The Labute approximate surface area is 192 Å². The number of fused-ring (bicyclic) bond motifs is 2. The van der Waals surface area contributed by atoms with E-state index < -0.39 is 0 Å². The highest BCUT2D eigenvalue weighted by Crippen LogP contribution is 2.30. The van der Waals surface area contributed by atoms with Crippen molar-refractivity contribution < 1.29 is 14.0 Å². The van der Waals surface area contributed by atoms with Crippen LogP contribution in [-0.2, 0) is 22.6 Å². The number of nitrogens with zero attached hydrogens (tertiary/aromatic N) is 1. The van der Waals surface area contributed by atoms with Crippen LogP contribution in [-0.4, -0.2) is 16.4 Å². The molecule has 3 aromatic rings. The maximum atomic E-state index is 14.0. The molecule has 2 N–H and O–H groups in total. The number of amides is 2. The molecule has 170 valence electrons. The number of halogens is 1. The zero-order chi connectivity index (χ0) is 22.8. The summed E-state index contributed by atoms with van der Waals surface area (Å²) in [7, 11) is 0. The van der Waals surface area contributed by atoms with E-state index in [9.17, 15) is 14.0 Å². The van der Waals surface area contributed by atoms with E-state index in [0.717, 1.165) is 34.4 Å². The molecule has 1 aliphatic carbocycles. The zero-order valence-corrected chi connectivity index (χ0v) is 18.6. The van der Waals surface area contributed by atoms with Crippen LogP contribution in [0.25, 0.3) is 17.0 Å². The normalized spacial score (nSPS) is 16.7. The second-order valence-electron chi connectivity index (χ2n) is 9.13. The fraction of sp³-hybridized carbons (Fsp3) is 0.333. The fourth-order valence-electron chi connectivity index (χ4n) is 5.01. The molecule has 0 spiro atoms. The van der Waals surface area contributed by atoms with Crippen LogP contribution in [0.2, 0.25) is 0 Å². The lowest BCUT2D eigenvalue weighted by atomic mass is 9.89. The van der Waals surface area contributed by atoms with E-state index in [0.29, 0.717) is 24.4 Å². The molecule has 1 fully saturated rings. The van der Waals surface area contributed by atoms with Crippen molar-refractivity contribution in [3.8, 4) is 0 Å². The number of carbonyl (C=O) groups is 2. The fourth-order valence-corrected chi connectivity index (χ4v) is 5.01. The van der Waals surface area contributed by atoms with Gasteiger partial charge in [0.2, 0.25) is 11.8 Å². The van der Waals surface area contributed by atoms with E-state index in [1.807, 2.05) is 18.2 Å². The Morgan fingerprint density at radius 1 is 1.09 bits per heavy atom. The van der Waals surface area contributed by atoms with E-state index in [1.165, 1.54) is 44.2 Å². The SMILES string of the molecule is O=C(/C=C/c1cc2ccc(F)cc2n1CC1CCCCC1)Nc1ccc2c(c1)NC(=O)CC2. The summed E-state index contributed by atoms with van der Waals surface area (Å²) >= 11 is 0. The summed E-state index contributed by atoms with van der Waals surface area (Å²) in [6.45, 7) is 0.832. The van der Waals surface area contributed by atoms with Crippen LogP contribution in [0.5, 0.6) is 0 Å². The molecule has 1 aromatic heterocycles. The van der Waals surface area contributed by atoms with Gasteiger partial charge in [-0.15, -0.1) is 0 Å². The van der Waals surface area contributed by atoms with Crippen molar-refractivity contribution in [1.82, 2.24) is 4.57 Å². The number of carbonyl (C=O) groups excluding carboxylic acids is 2. The van der Waals surface area contributed by atoms with Crippen molar-refractivity contribution in [2.45, 2.75) is 51.5 Å². The van der Waals surface area contributed by atoms with Crippen molar-refractivity contribution in [2.75, 3.05) is 10.6 Å². The summed E-state index contributed by atoms with van der Waals surface area (Å²) in [4.78, 5) is 24.3. The summed E-state index contributed by atoms with van der Waals surface area (Å²) in [5, 5.41) is 6.70. The minimum atomic E-state index is -0.252. The van der Waals surface area contributed by atoms with Crippen molar-refractivity contribution in [3.05, 3.63) is 65.6 Å². The molecule has 0 saturated heterocycles. The third kappa shape index (κ3) is 4.85. The zero-order valence-electron chi connectivity index (χ0n) is 18.6. The molecule has 0 atom stereocenters. The number of nitrogens with one attached hydrogen (secondary N) is 2. The summed E-state index contributed by atoms with van der Waals surface area (Å²) in [6.07, 6.45) is 10.7. The highest BCUT2D eigenvalue weighted by atomic mass is 19.1. The molecule has 0 bridgehead atoms.